The lowest BCUT2D eigenvalue weighted by Gasteiger charge is -2.24. The third-order valence-corrected chi connectivity index (χ3v) is 7.01. The van der Waals surface area contributed by atoms with Crippen molar-refractivity contribution >= 4 is 18.4 Å². The van der Waals surface area contributed by atoms with Crippen molar-refractivity contribution in [2.75, 3.05) is 31.7 Å². The SMILES string of the molecule is CP(C)(=O)c1ccccc1-c1cc(-c2nc(N[C@H]3CCCNC3)ncc2C(F)(F)F)c[nH]1. The van der Waals surface area contributed by atoms with Crippen LogP contribution in [0.15, 0.2) is 42.7 Å². The van der Waals surface area contributed by atoms with Gasteiger partial charge in [-0.2, -0.15) is 13.2 Å². The van der Waals surface area contributed by atoms with Crippen LogP contribution in [0, 0.1) is 0 Å². The molecular weight excluding hydrogens is 438 g/mol. The molecule has 0 radical (unpaired) electrons. The summed E-state index contributed by atoms with van der Waals surface area (Å²) in [6, 6.07) is 8.86. The Bertz CT molecular complexity index is 1150. The van der Waals surface area contributed by atoms with Crippen molar-refractivity contribution in [2.45, 2.75) is 25.1 Å². The zero-order chi connectivity index (χ0) is 22.9. The number of hydrogen-bond donors (Lipinski definition) is 3. The van der Waals surface area contributed by atoms with Crippen molar-refractivity contribution < 1.29 is 17.7 Å². The molecule has 0 bridgehead atoms. The van der Waals surface area contributed by atoms with Gasteiger partial charge < -0.3 is 20.2 Å². The highest BCUT2D eigenvalue weighted by Crippen LogP contribution is 2.40. The number of anilines is 1. The Morgan fingerprint density at radius 2 is 2.00 bits per heavy atom. The number of aromatic nitrogens is 3. The highest BCUT2D eigenvalue weighted by molar-refractivity contribution is 7.70. The molecule has 0 amide bonds. The first kappa shape index (κ1) is 22.6. The first-order valence-electron chi connectivity index (χ1n) is 10.4. The summed E-state index contributed by atoms with van der Waals surface area (Å²) in [5.74, 6) is 0.163. The third kappa shape index (κ3) is 4.89. The van der Waals surface area contributed by atoms with E-state index in [1.165, 1.54) is 6.20 Å². The molecule has 0 unspecified atom stereocenters. The molecule has 1 aliphatic rings. The Kier molecular flexibility index (Phi) is 6.14. The van der Waals surface area contributed by atoms with Gasteiger partial charge >= 0.3 is 6.18 Å². The molecule has 32 heavy (non-hydrogen) atoms. The van der Waals surface area contributed by atoms with Gasteiger partial charge in [-0.25, -0.2) is 9.97 Å². The van der Waals surface area contributed by atoms with Crippen molar-refractivity contribution in [2.24, 2.45) is 0 Å². The second-order valence-electron chi connectivity index (χ2n) is 8.31. The lowest BCUT2D eigenvalue weighted by Crippen LogP contribution is -2.38. The number of H-pyrrole nitrogens is 1. The lowest BCUT2D eigenvalue weighted by molar-refractivity contribution is -0.137. The molecule has 0 saturated carbocycles. The summed E-state index contributed by atoms with van der Waals surface area (Å²) in [4.78, 5) is 11.2. The van der Waals surface area contributed by atoms with Gasteiger partial charge in [0.15, 0.2) is 0 Å². The number of benzene rings is 1. The minimum atomic E-state index is -4.60. The van der Waals surface area contributed by atoms with Gasteiger partial charge in [0.2, 0.25) is 5.95 Å². The van der Waals surface area contributed by atoms with Gasteiger partial charge in [0, 0.05) is 47.1 Å². The molecule has 3 N–H and O–H groups in total. The number of hydrogen-bond acceptors (Lipinski definition) is 5. The van der Waals surface area contributed by atoms with Crippen LogP contribution >= 0.6 is 7.14 Å². The fraction of sp³-hybridized carbons (Fsp3) is 0.364. The summed E-state index contributed by atoms with van der Waals surface area (Å²) in [6.07, 6.45) is -0.409. The smallest absolute Gasteiger partial charge is 0.360 e. The second kappa shape index (κ2) is 8.71. The Labute approximate surface area is 184 Å². The predicted molar refractivity (Wildman–Crippen MR) is 121 cm³/mol. The lowest BCUT2D eigenvalue weighted by atomic mass is 10.1. The maximum atomic E-state index is 13.7. The fourth-order valence-corrected chi connectivity index (χ4v) is 5.11. The molecule has 170 valence electrons. The summed E-state index contributed by atoms with van der Waals surface area (Å²) in [5.41, 5.74) is 0.463. The minimum Gasteiger partial charge on any atom is -0.360 e. The molecule has 0 aliphatic carbocycles. The molecule has 4 rings (SSSR count). The first-order valence-corrected chi connectivity index (χ1v) is 13.0. The minimum absolute atomic E-state index is 0.0604. The monoisotopic (exact) mass is 463 g/mol. The predicted octanol–water partition coefficient (Wildman–Crippen LogP) is 4.57. The summed E-state index contributed by atoms with van der Waals surface area (Å²) in [6.45, 7) is 4.96. The average Bonchev–Trinajstić information content (AvgIpc) is 3.23. The van der Waals surface area contributed by atoms with Crippen molar-refractivity contribution in [3.05, 3.63) is 48.3 Å². The van der Waals surface area contributed by atoms with E-state index in [4.69, 9.17) is 0 Å². The largest absolute Gasteiger partial charge is 0.419 e. The van der Waals surface area contributed by atoms with Crippen LogP contribution < -0.4 is 15.9 Å². The van der Waals surface area contributed by atoms with Gasteiger partial charge in [-0.15, -0.1) is 0 Å². The molecule has 3 aromatic rings. The molecule has 1 saturated heterocycles. The molecule has 1 fully saturated rings. The molecular formula is C22H25F3N5OP. The van der Waals surface area contributed by atoms with Gasteiger partial charge in [0.1, 0.15) is 12.7 Å². The average molecular weight is 463 g/mol. The van der Waals surface area contributed by atoms with E-state index in [2.05, 4.69) is 25.6 Å². The van der Waals surface area contributed by atoms with Crippen LogP contribution in [0.4, 0.5) is 19.1 Å². The number of nitrogens with zero attached hydrogens (tertiary/aromatic N) is 2. The van der Waals surface area contributed by atoms with E-state index in [1.54, 1.807) is 43.7 Å². The molecule has 10 heteroatoms. The van der Waals surface area contributed by atoms with Gasteiger partial charge in [-0.1, -0.05) is 24.3 Å². The normalized spacial score (nSPS) is 17.3. The maximum absolute atomic E-state index is 13.7. The molecule has 1 aromatic carbocycles. The van der Waals surface area contributed by atoms with Crippen molar-refractivity contribution in [1.29, 1.82) is 0 Å². The quantitative estimate of drug-likeness (QED) is 0.483. The van der Waals surface area contributed by atoms with Crippen molar-refractivity contribution in [1.82, 2.24) is 20.3 Å². The summed E-state index contributed by atoms with van der Waals surface area (Å²) in [7, 11) is -2.59. The second-order valence-corrected chi connectivity index (χ2v) is 11.5. The number of piperidine rings is 1. The van der Waals surface area contributed by atoms with E-state index in [0.29, 0.717) is 23.1 Å². The van der Waals surface area contributed by atoms with Crippen LogP contribution in [0.25, 0.3) is 22.5 Å². The molecule has 2 aromatic heterocycles. The van der Waals surface area contributed by atoms with Crippen LogP contribution in [-0.4, -0.2) is 47.4 Å². The van der Waals surface area contributed by atoms with Gasteiger partial charge in [-0.05, 0) is 38.8 Å². The van der Waals surface area contributed by atoms with E-state index in [1.807, 2.05) is 0 Å². The summed E-state index contributed by atoms with van der Waals surface area (Å²) in [5, 5.41) is 7.05. The zero-order valence-electron chi connectivity index (χ0n) is 17.8. The van der Waals surface area contributed by atoms with Crippen molar-refractivity contribution in [3.8, 4) is 22.5 Å². The number of rotatable bonds is 5. The van der Waals surface area contributed by atoms with E-state index in [9.17, 15) is 17.7 Å². The van der Waals surface area contributed by atoms with E-state index < -0.39 is 18.9 Å². The number of alkyl halides is 3. The maximum Gasteiger partial charge on any atom is 0.419 e. The summed E-state index contributed by atoms with van der Waals surface area (Å²) >= 11 is 0. The molecule has 6 nitrogen and oxygen atoms in total. The van der Waals surface area contributed by atoms with Crippen LogP contribution in [0.5, 0.6) is 0 Å². The third-order valence-electron chi connectivity index (χ3n) is 5.46. The van der Waals surface area contributed by atoms with Gasteiger partial charge in [0.05, 0.1) is 5.69 Å². The Morgan fingerprint density at radius 1 is 1.22 bits per heavy atom. The van der Waals surface area contributed by atoms with Crippen LogP contribution in [0.2, 0.25) is 0 Å². The van der Waals surface area contributed by atoms with E-state index in [0.717, 1.165) is 25.6 Å². The Balaban J connectivity index is 1.74. The Hall–Kier alpha value is -2.64. The standard InChI is InChI=1S/C22H25F3N5OP/c1-32(2,31)19-8-4-3-7-16(19)18-10-14(11-27-18)20-17(22(23,24)25)13-28-21(30-20)29-15-6-5-9-26-12-15/h3-4,7-8,10-11,13,15,26-27H,5-6,9,12H2,1-2H3,(H,28,29,30)/t15-/m0/s1. The molecule has 1 atom stereocenters. The van der Waals surface area contributed by atoms with E-state index >= 15 is 0 Å². The van der Waals surface area contributed by atoms with Crippen molar-refractivity contribution in [3.63, 3.8) is 0 Å². The highest BCUT2D eigenvalue weighted by atomic mass is 31.2. The molecule has 0 spiro atoms. The Morgan fingerprint density at radius 3 is 2.69 bits per heavy atom. The van der Waals surface area contributed by atoms with E-state index in [-0.39, 0.29) is 23.2 Å². The molecule has 1 aliphatic heterocycles. The number of nitrogens with one attached hydrogen (secondary N) is 3. The first-order chi connectivity index (χ1) is 15.1. The van der Waals surface area contributed by atoms with Crippen LogP contribution in [0.3, 0.4) is 0 Å². The number of halogens is 3. The van der Waals surface area contributed by atoms with Crippen LogP contribution in [0.1, 0.15) is 18.4 Å². The molecule has 3 heterocycles. The van der Waals surface area contributed by atoms with Crippen LogP contribution in [-0.2, 0) is 10.7 Å². The fourth-order valence-electron chi connectivity index (χ4n) is 3.89. The summed E-state index contributed by atoms with van der Waals surface area (Å²) < 4.78 is 53.9. The zero-order valence-corrected chi connectivity index (χ0v) is 18.7. The highest BCUT2D eigenvalue weighted by Gasteiger charge is 2.36. The number of aromatic amines is 1. The van der Waals surface area contributed by atoms with Gasteiger partial charge in [-0.3, -0.25) is 0 Å². The van der Waals surface area contributed by atoms with Gasteiger partial charge in [0.25, 0.3) is 0 Å². The topological polar surface area (TPSA) is 82.7 Å².